The van der Waals surface area contributed by atoms with Crippen LogP contribution in [0.2, 0.25) is 0 Å². The largest absolute Gasteiger partial charge is 0.378 e. The molecule has 0 bridgehead atoms. The summed E-state index contributed by atoms with van der Waals surface area (Å²) in [7, 11) is 0. The van der Waals surface area contributed by atoms with Gasteiger partial charge in [-0.1, -0.05) is 48.5 Å². The first-order chi connectivity index (χ1) is 22.9. The fourth-order valence-corrected chi connectivity index (χ4v) is 3.62. The van der Waals surface area contributed by atoms with Crippen molar-refractivity contribution in [3.05, 3.63) is 47.9 Å². The lowest BCUT2D eigenvalue weighted by Crippen LogP contribution is -2.56. The van der Waals surface area contributed by atoms with Crippen molar-refractivity contribution in [1.29, 1.82) is 0 Å². The van der Waals surface area contributed by atoms with Crippen molar-refractivity contribution in [2.24, 2.45) is 5.92 Å². The fourth-order valence-electron chi connectivity index (χ4n) is 3.62. The average molecular weight is 674 g/mol. The van der Waals surface area contributed by atoms with Crippen LogP contribution in [0.5, 0.6) is 0 Å². The molecule has 1 N–H and O–H groups in total. The lowest BCUT2D eigenvalue weighted by Gasteiger charge is -2.32. The number of amides is 1. The first-order valence-electron chi connectivity index (χ1n) is 16.8. The zero-order valence-corrected chi connectivity index (χ0v) is 30.9. The van der Waals surface area contributed by atoms with Gasteiger partial charge in [-0.15, -0.1) is 0 Å². The third kappa shape index (κ3) is 21.3. The molecule has 0 saturated heterocycles. The number of hydrogen-bond donors (Lipinski definition) is 1. The van der Waals surface area contributed by atoms with Gasteiger partial charge in [-0.2, -0.15) is 0 Å². The summed E-state index contributed by atoms with van der Waals surface area (Å²) >= 11 is 0. The smallest absolute Gasteiger partial charge is 0.207 e. The Bertz CT molecular complexity index is 1160. The van der Waals surface area contributed by atoms with E-state index in [0.717, 1.165) is 17.0 Å². The number of pyridine rings is 2. The Morgan fingerprint density at radius 3 is 1.69 bits per heavy atom. The van der Waals surface area contributed by atoms with Gasteiger partial charge >= 0.3 is 0 Å². The van der Waals surface area contributed by atoms with E-state index < -0.39 is 5.54 Å². The molecule has 2 heterocycles. The third-order valence-electron chi connectivity index (χ3n) is 6.45. The SMILES string of the molecule is CC.CC.CC(=O)CCOCC(COCCC(C)=O)(COCCC(=O)C(C)C)NC=O.CCC(=O)c1ccc(-c2ccc(C)nc2)nc1. The molecule has 0 aliphatic carbocycles. The Labute approximate surface area is 287 Å². The molecule has 48 heavy (non-hydrogen) atoms. The first-order valence-corrected chi connectivity index (χ1v) is 16.8. The van der Waals surface area contributed by atoms with E-state index in [4.69, 9.17) is 14.2 Å². The van der Waals surface area contributed by atoms with Crippen LogP contribution in [0, 0.1) is 12.8 Å². The van der Waals surface area contributed by atoms with Gasteiger partial charge in [-0.25, -0.2) is 0 Å². The molecule has 2 rings (SSSR count). The van der Waals surface area contributed by atoms with Crippen LogP contribution in [0.25, 0.3) is 11.3 Å². The highest BCUT2D eigenvalue weighted by Crippen LogP contribution is 2.16. The quantitative estimate of drug-likeness (QED) is 0.0923. The highest BCUT2D eigenvalue weighted by Gasteiger charge is 2.31. The molecule has 2 aromatic heterocycles. The van der Waals surface area contributed by atoms with E-state index in [-0.39, 0.29) is 88.0 Å². The molecule has 1 amide bonds. The zero-order valence-electron chi connectivity index (χ0n) is 30.9. The monoisotopic (exact) mass is 673 g/mol. The number of nitrogens with one attached hydrogen (secondary N) is 1. The molecule has 0 atom stereocenters. The van der Waals surface area contributed by atoms with Crippen molar-refractivity contribution in [2.45, 2.75) is 100 Å². The summed E-state index contributed by atoms with van der Waals surface area (Å²) in [6.07, 6.45) is 5.28. The normalized spacial score (nSPS) is 10.3. The Kier molecular flexibility index (Phi) is 27.4. The van der Waals surface area contributed by atoms with Gasteiger partial charge < -0.3 is 19.5 Å². The summed E-state index contributed by atoms with van der Waals surface area (Å²) < 4.78 is 16.6. The summed E-state index contributed by atoms with van der Waals surface area (Å²) in [5.74, 6) is 0.164. The molecule has 0 saturated carbocycles. The number of ether oxygens (including phenoxy) is 3. The number of carbonyl (C=O) groups excluding carboxylic acids is 5. The molecule has 0 aliphatic heterocycles. The number of ketones is 4. The molecule has 0 spiro atoms. The van der Waals surface area contributed by atoms with Crippen molar-refractivity contribution in [1.82, 2.24) is 15.3 Å². The van der Waals surface area contributed by atoms with Gasteiger partial charge in [0.25, 0.3) is 0 Å². The minimum Gasteiger partial charge on any atom is -0.378 e. The Hall–Kier alpha value is -3.67. The van der Waals surface area contributed by atoms with Gasteiger partial charge in [0.15, 0.2) is 5.78 Å². The number of Topliss-reactive ketones (excluding diaryl/α,β-unsaturated/α-hetero) is 4. The molecule has 0 aliphatic rings. The number of rotatable bonds is 21. The van der Waals surface area contributed by atoms with E-state index in [0.29, 0.717) is 18.4 Å². The summed E-state index contributed by atoms with van der Waals surface area (Å²) in [4.78, 5) is 64.8. The molecular weight excluding hydrogens is 614 g/mol. The predicted molar refractivity (Wildman–Crippen MR) is 189 cm³/mol. The fraction of sp³-hybridized carbons (Fsp3) is 0.595. The van der Waals surface area contributed by atoms with Crippen LogP contribution in [-0.2, 0) is 33.4 Å². The van der Waals surface area contributed by atoms with Crippen molar-refractivity contribution < 1.29 is 38.2 Å². The van der Waals surface area contributed by atoms with Crippen LogP contribution in [0.15, 0.2) is 36.7 Å². The maximum atomic E-state index is 11.7. The molecule has 0 aromatic carbocycles. The second-order valence-corrected chi connectivity index (χ2v) is 10.9. The summed E-state index contributed by atoms with van der Waals surface area (Å²) in [6, 6.07) is 7.59. The van der Waals surface area contributed by atoms with E-state index in [1.54, 1.807) is 12.4 Å². The molecule has 2 aromatic rings. The second-order valence-electron chi connectivity index (χ2n) is 10.9. The third-order valence-corrected chi connectivity index (χ3v) is 6.45. The van der Waals surface area contributed by atoms with Crippen molar-refractivity contribution in [3.8, 4) is 11.3 Å². The van der Waals surface area contributed by atoms with Crippen molar-refractivity contribution >= 4 is 29.5 Å². The molecular formula is C37H59N3O8. The molecule has 0 radical (unpaired) electrons. The Morgan fingerprint density at radius 1 is 0.792 bits per heavy atom. The zero-order chi connectivity index (χ0) is 37.0. The maximum Gasteiger partial charge on any atom is 0.207 e. The van der Waals surface area contributed by atoms with Gasteiger partial charge in [0.2, 0.25) is 6.41 Å². The molecule has 0 unspecified atom stereocenters. The molecule has 11 nitrogen and oxygen atoms in total. The predicted octanol–water partition coefficient (Wildman–Crippen LogP) is 6.19. The molecule has 0 fully saturated rings. The summed E-state index contributed by atoms with van der Waals surface area (Å²) in [5, 5.41) is 2.67. The average Bonchev–Trinajstić information content (AvgIpc) is 3.09. The van der Waals surface area contributed by atoms with Crippen LogP contribution >= 0.6 is 0 Å². The first kappa shape index (κ1) is 46.4. The Morgan fingerprint density at radius 2 is 1.31 bits per heavy atom. The number of hydrogen-bond acceptors (Lipinski definition) is 10. The summed E-state index contributed by atoms with van der Waals surface area (Å²) in [6.45, 7) is 19.3. The number of carbonyl (C=O) groups is 5. The van der Waals surface area contributed by atoms with Gasteiger partial charge in [-0.3, -0.25) is 33.9 Å². The van der Waals surface area contributed by atoms with E-state index in [1.807, 2.05) is 79.7 Å². The number of aryl methyl sites for hydroxylation is 1. The van der Waals surface area contributed by atoms with E-state index >= 15 is 0 Å². The van der Waals surface area contributed by atoms with Crippen molar-refractivity contribution in [2.75, 3.05) is 39.6 Å². The maximum absolute atomic E-state index is 11.7. The van der Waals surface area contributed by atoms with Gasteiger partial charge in [0.1, 0.15) is 22.9 Å². The van der Waals surface area contributed by atoms with Crippen LogP contribution < -0.4 is 5.32 Å². The highest BCUT2D eigenvalue weighted by atomic mass is 16.5. The number of aromatic nitrogens is 2. The summed E-state index contributed by atoms with van der Waals surface area (Å²) in [5.41, 5.74) is 2.48. The van der Waals surface area contributed by atoms with Gasteiger partial charge in [0.05, 0.1) is 45.3 Å². The Balaban J connectivity index is 0. The number of nitrogens with zero attached hydrogens (tertiary/aromatic N) is 2. The van der Waals surface area contributed by atoms with Crippen LogP contribution in [-0.4, -0.2) is 84.7 Å². The van der Waals surface area contributed by atoms with Gasteiger partial charge in [-0.05, 0) is 45.0 Å². The minimum atomic E-state index is -0.962. The van der Waals surface area contributed by atoms with Crippen molar-refractivity contribution in [3.63, 3.8) is 0 Å². The lowest BCUT2D eigenvalue weighted by atomic mass is 10.0. The standard InChI is InChI=1S/C19H33NO7.C14H14N2O.2C2H6/c1-15(2)18(24)7-10-27-13-19(20-14-21,11-25-8-5-16(3)22)12-26-9-6-17(4)23;1-3-14(17)12-6-7-13(16-9-12)11-5-4-10(2)15-8-11;2*1-2/h14-15H,5-13H2,1-4H3,(H,20,21);4-9H,3H2,1-2H3;2*1-2H3. The topological polar surface area (TPSA) is 151 Å². The van der Waals surface area contributed by atoms with E-state index in [9.17, 15) is 24.0 Å². The molecule has 270 valence electrons. The van der Waals surface area contributed by atoms with Crippen LogP contribution in [0.1, 0.15) is 104 Å². The lowest BCUT2D eigenvalue weighted by molar-refractivity contribution is -0.124. The van der Waals surface area contributed by atoms with Crippen LogP contribution in [0.4, 0.5) is 0 Å². The van der Waals surface area contributed by atoms with E-state index in [1.165, 1.54) is 13.8 Å². The molecule has 11 heteroatoms. The van der Waals surface area contributed by atoms with Crippen LogP contribution in [0.3, 0.4) is 0 Å². The second kappa shape index (κ2) is 28.4. The minimum absolute atomic E-state index is 0.00472. The highest BCUT2D eigenvalue weighted by molar-refractivity contribution is 5.95. The van der Waals surface area contributed by atoms with Gasteiger partial charge in [0, 0.05) is 60.8 Å². The van der Waals surface area contributed by atoms with E-state index in [2.05, 4.69) is 15.3 Å².